The van der Waals surface area contributed by atoms with Gasteiger partial charge in [0.05, 0.1) is 5.75 Å². The van der Waals surface area contributed by atoms with E-state index in [0.29, 0.717) is 12.3 Å². The Morgan fingerprint density at radius 3 is 2.67 bits per heavy atom. The third-order valence-corrected chi connectivity index (χ3v) is 6.04. The molecule has 1 aromatic heterocycles. The molecule has 1 amide bonds. The smallest absolute Gasteiger partial charge is 0.230 e. The van der Waals surface area contributed by atoms with Crippen LogP contribution in [0.1, 0.15) is 16.7 Å². The van der Waals surface area contributed by atoms with Gasteiger partial charge in [0.15, 0.2) is 4.34 Å². The molecule has 0 unspecified atom stereocenters. The van der Waals surface area contributed by atoms with E-state index in [1.807, 2.05) is 24.3 Å². The normalized spacial score (nSPS) is 10.6. The predicted molar refractivity (Wildman–Crippen MR) is 113 cm³/mol. The molecule has 140 valence electrons. The summed E-state index contributed by atoms with van der Waals surface area (Å²) in [6, 6.07) is 16.3. The molecule has 0 aliphatic rings. The Bertz CT molecular complexity index is 896. The Morgan fingerprint density at radius 1 is 1.07 bits per heavy atom. The number of aromatic nitrogens is 2. The van der Waals surface area contributed by atoms with E-state index in [2.05, 4.69) is 58.9 Å². The molecule has 0 bridgehead atoms. The molecule has 0 fully saturated rings. The summed E-state index contributed by atoms with van der Waals surface area (Å²) in [6.45, 7) is 4.81. The van der Waals surface area contributed by atoms with Crippen molar-refractivity contribution in [2.75, 3.05) is 17.6 Å². The predicted octanol–water partition coefficient (Wildman–Crippen LogP) is 4.35. The third kappa shape index (κ3) is 6.08. The van der Waals surface area contributed by atoms with Gasteiger partial charge in [-0.2, -0.15) is 0 Å². The molecule has 5 nitrogen and oxygen atoms in total. The minimum Gasteiger partial charge on any atom is -0.355 e. The van der Waals surface area contributed by atoms with Crippen molar-refractivity contribution in [3.63, 3.8) is 0 Å². The van der Waals surface area contributed by atoms with Crippen LogP contribution in [0.2, 0.25) is 0 Å². The van der Waals surface area contributed by atoms with E-state index in [4.69, 9.17) is 0 Å². The van der Waals surface area contributed by atoms with Crippen molar-refractivity contribution in [3.8, 4) is 0 Å². The fourth-order valence-electron chi connectivity index (χ4n) is 2.43. The lowest BCUT2D eigenvalue weighted by molar-refractivity contribution is -0.118. The molecule has 0 saturated heterocycles. The van der Waals surface area contributed by atoms with Crippen LogP contribution in [0, 0.1) is 13.8 Å². The fraction of sp³-hybridized carbons (Fsp3) is 0.250. The second-order valence-electron chi connectivity index (χ2n) is 6.17. The zero-order valence-corrected chi connectivity index (χ0v) is 17.0. The highest BCUT2D eigenvalue weighted by Crippen LogP contribution is 2.28. The summed E-state index contributed by atoms with van der Waals surface area (Å²) in [5.74, 6) is 0.349. The van der Waals surface area contributed by atoms with Crippen molar-refractivity contribution in [2.24, 2.45) is 0 Å². The molecule has 3 rings (SSSR count). The molecule has 0 spiro atoms. The van der Waals surface area contributed by atoms with Crippen LogP contribution in [0.4, 0.5) is 10.8 Å². The molecule has 0 aliphatic carbocycles. The first-order chi connectivity index (χ1) is 13.1. The Kier molecular flexibility index (Phi) is 6.84. The summed E-state index contributed by atoms with van der Waals surface area (Å²) < 4.78 is 0.777. The highest BCUT2D eigenvalue weighted by atomic mass is 32.2. The maximum absolute atomic E-state index is 12.0. The van der Waals surface area contributed by atoms with Gasteiger partial charge in [-0.25, -0.2) is 0 Å². The van der Waals surface area contributed by atoms with E-state index >= 15 is 0 Å². The number of nitrogens with zero attached hydrogens (tertiary/aromatic N) is 2. The maximum atomic E-state index is 12.0. The summed E-state index contributed by atoms with van der Waals surface area (Å²) in [4.78, 5) is 12.0. The van der Waals surface area contributed by atoms with E-state index in [0.717, 1.165) is 21.6 Å². The van der Waals surface area contributed by atoms with Crippen LogP contribution in [0.15, 0.2) is 52.9 Å². The number of anilines is 2. The second-order valence-corrected chi connectivity index (χ2v) is 8.37. The van der Waals surface area contributed by atoms with Gasteiger partial charge in [0.2, 0.25) is 11.0 Å². The molecule has 3 aromatic rings. The molecule has 0 aliphatic heterocycles. The highest BCUT2D eigenvalue weighted by molar-refractivity contribution is 8.01. The number of hydrogen-bond donors (Lipinski definition) is 2. The molecule has 0 saturated carbocycles. The van der Waals surface area contributed by atoms with Crippen LogP contribution >= 0.6 is 23.1 Å². The molecule has 27 heavy (non-hydrogen) atoms. The Morgan fingerprint density at radius 2 is 1.89 bits per heavy atom. The second kappa shape index (κ2) is 9.53. The standard InChI is InChI=1S/C20H22N4OS2/c1-14-8-9-17(12-15(14)2)22-19-23-24-20(27-19)26-13-18(25)21-11-10-16-6-4-3-5-7-16/h3-9,12H,10-11,13H2,1-2H3,(H,21,25)(H,22,23). The van der Waals surface area contributed by atoms with E-state index in [1.165, 1.54) is 39.8 Å². The topological polar surface area (TPSA) is 66.9 Å². The van der Waals surface area contributed by atoms with E-state index in [-0.39, 0.29) is 5.91 Å². The molecule has 0 atom stereocenters. The zero-order chi connectivity index (χ0) is 19.1. The average Bonchev–Trinajstić information content (AvgIpc) is 3.11. The number of carbonyl (C=O) groups is 1. The zero-order valence-electron chi connectivity index (χ0n) is 15.4. The molecule has 1 heterocycles. The Labute approximate surface area is 167 Å². The average molecular weight is 399 g/mol. The minimum absolute atomic E-state index is 0.00907. The number of hydrogen-bond acceptors (Lipinski definition) is 6. The van der Waals surface area contributed by atoms with Gasteiger partial charge in [0.25, 0.3) is 0 Å². The molecular weight excluding hydrogens is 376 g/mol. The first-order valence-corrected chi connectivity index (χ1v) is 10.5. The number of aryl methyl sites for hydroxylation is 2. The lowest BCUT2D eigenvalue weighted by Gasteiger charge is -2.05. The summed E-state index contributed by atoms with van der Waals surface area (Å²) in [7, 11) is 0. The molecule has 0 radical (unpaired) electrons. The lowest BCUT2D eigenvalue weighted by atomic mass is 10.1. The number of benzene rings is 2. The van der Waals surface area contributed by atoms with Crippen LogP contribution in [0.5, 0.6) is 0 Å². The first kappa shape index (κ1) is 19.4. The summed E-state index contributed by atoms with van der Waals surface area (Å²) in [5.41, 5.74) is 4.69. The van der Waals surface area contributed by atoms with Crippen LogP contribution < -0.4 is 10.6 Å². The van der Waals surface area contributed by atoms with E-state index in [1.54, 1.807) is 0 Å². The van der Waals surface area contributed by atoms with Crippen LogP contribution in [0.25, 0.3) is 0 Å². The monoisotopic (exact) mass is 398 g/mol. The number of amides is 1. The van der Waals surface area contributed by atoms with Crippen LogP contribution in [-0.2, 0) is 11.2 Å². The molecule has 7 heteroatoms. The lowest BCUT2D eigenvalue weighted by Crippen LogP contribution is -2.27. The summed E-state index contributed by atoms with van der Waals surface area (Å²) in [5, 5.41) is 15.2. The van der Waals surface area contributed by atoms with Gasteiger partial charge in [-0.3, -0.25) is 4.79 Å². The summed E-state index contributed by atoms with van der Waals surface area (Å²) >= 11 is 2.85. The number of carbonyl (C=O) groups excluding carboxylic acids is 1. The molecule has 2 N–H and O–H groups in total. The Hall–Kier alpha value is -2.38. The van der Waals surface area contributed by atoms with Crippen LogP contribution in [0.3, 0.4) is 0 Å². The Balaban J connectivity index is 1.42. The minimum atomic E-state index is 0.00907. The van der Waals surface area contributed by atoms with Gasteiger partial charge in [-0.15, -0.1) is 10.2 Å². The van der Waals surface area contributed by atoms with Gasteiger partial charge in [0, 0.05) is 12.2 Å². The fourth-order valence-corrected chi connectivity index (χ4v) is 4.03. The van der Waals surface area contributed by atoms with Crippen molar-refractivity contribution < 1.29 is 4.79 Å². The third-order valence-electron chi connectivity index (χ3n) is 4.07. The number of rotatable bonds is 8. The number of thioether (sulfide) groups is 1. The van der Waals surface area contributed by atoms with E-state index in [9.17, 15) is 4.79 Å². The van der Waals surface area contributed by atoms with Crippen LogP contribution in [-0.4, -0.2) is 28.4 Å². The van der Waals surface area contributed by atoms with Gasteiger partial charge in [-0.1, -0.05) is 59.5 Å². The van der Waals surface area contributed by atoms with Crippen molar-refractivity contribution in [1.29, 1.82) is 0 Å². The van der Waals surface area contributed by atoms with Crippen molar-refractivity contribution >= 4 is 39.8 Å². The number of nitrogens with one attached hydrogen (secondary N) is 2. The summed E-state index contributed by atoms with van der Waals surface area (Å²) in [6.07, 6.45) is 0.833. The van der Waals surface area contributed by atoms with Gasteiger partial charge >= 0.3 is 0 Å². The van der Waals surface area contributed by atoms with Gasteiger partial charge < -0.3 is 10.6 Å². The van der Waals surface area contributed by atoms with Gasteiger partial charge in [0.1, 0.15) is 0 Å². The van der Waals surface area contributed by atoms with Gasteiger partial charge in [-0.05, 0) is 49.1 Å². The highest BCUT2D eigenvalue weighted by Gasteiger charge is 2.08. The maximum Gasteiger partial charge on any atom is 0.230 e. The first-order valence-electron chi connectivity index (χ1n) is 8.71. The quantitative estimate of drug-likeness (QED) is 0.552. The van der Waals surface area contributed by atoms with Crippen molar-refractivity contribution in [1.82, 2.24) is 15.5 Å². The van der Waals surface area contributed by atoms with E-state index < -0.39 is 0 Å². The SMILES string of the molecule is Cc1ccc(Nc2nnc(SCC(=O)NCCc3ccccc3)s2)cc1C. The molecule has 2 aromatic carbocycles. The largest absolute Gasteiger partial charge is 0.355 e. The van der Waals surface area contributed by atoms with Crippen molar-refractivity contribution in [2.45, 2.75) is 24.6 Å². The van der Waals surface area contributed by atoms with Crippen molar-refractivity contribution in [3.05, 3.63) is 65.2 Å². The molecular formula is C20H22N4OS2.